The summed E-state index contributed by atoms with van der Waals surface area (Å²) < 4.78 is 9.11. The average molecular weight is 188 g/mol. The molecule has 0 N–H and O–H groups in total. The van der Waals surface area contributed by atoms with Crippen LogP contribution in [0.25, 0.3) is 0 Å². The minimum absolute atomic E-state index is 0.458. The molecule has 0 aromatic heterocycles. The maximum Gasteiger partial charge on any atom is 0.293 e. The van der Waals surface area contributed by atoms with Crippen molar-refractivity contribution in [2.24, 2.45) is 5.92 Å². The molecule has 4 nitrogen and oxygen atoms in total. The van der Waals surface area contributed by atoms with Crippen LogP contribution in [-0.2, 0) is 19.1 Å². The normalized spacial score (nSPS) is 11.8. The molecular formula is C9H16O4. The third kappa shape index (κ3) is 8.85. The van der Waals surface area contributed by atoms with Crippen molar-refractivity contribution in [2.75, 3.05) is 13.2 Å². The molecule has 76 valence electrons. The SMILES string of the molecule is CC(CCCOC=O)CCOC=O. The summed E-state index contributed by atoms with van der Waals surface area (Å²) in [6.07, 6.45) is 2.71. The van der Waals surface area contributed by atoms with E-state index in [1.807, 2.05) is 0 Å². The topological polar surface area (TPSA) is 52.6 Å². The summed E-state index contributed by atoms with van der Waals surface area (Å²) in [5.41, 5.74) is 0. The molecule has 0 fully saturated rings. The van der Waals surface area contributed by atoms with E-state index in [1.165, 1.54) is 0 Å². The Balaban J connectivity index is 3.14. The van der Waals surface area contributed by atoms with Gasteiger partial charge < -0.3 is 9.47 Å². The largest absolute Gasteiger partial charge is 0.468 e. The summed E-state index contributed by atoms with van der Waals surface area (Å²) in [6.45, 7) is 3.94. The highest BCUT2D eigenvalue weighted by Gasteiger charge is 2.01. The Morgan fingerprint density at radius 2 is 1.69 bits per heavy atom. The van der Waals surface area contributed by atoms with Crippen molar-refractivity contribution in [2.45, 2.75) is 26.2 Å². The van der Waals surface area contributed by atoms with Gasteiger partial charge in [0, 0.05) is 0 Å². The standard InChI is InChI=1S/C9H16O4/c1-9(4-6-13-8-11)3-2-5-12-7-10/h7-9H,2-6H2,1H3. The molecule has 0 aliphatic rings. The highest BCUT2D eigenvalue weighted by Crippen LogP contribution is 2.09. The molecule has 0 amide bonds. The van der Waals surface area contributed by atoms with Gasteiger partial charge in [-0.25, -0.2) is 0 Å². The molecule has 0 bridgehead atoms. The average Bonchev–Trinajstić information content (AvgIpc) is 2.13. The van der Waals surface area contributed by atoms with E-state index in [0.29, 0.717) is 32.1 Å². The third-order valence-electron chi connectivity index (χ3n) is 1.82. The Morgan fingerprint density at radius 3 is 2.31 bits per heavy atom. The maximum atomic E-state index is 9.80. The fraction of sp³-hybridized carbons (Fsp3) is 0.778. The number of hydrogen-bond acceptors (Lipinski definition) is 4. The van der Waals surface area contributed by atoms with Crippen molar-refractivity contribution in [3.05, 3.63) is 0 Å². The van der Waals surface area contributed by atoms with Crippen molar-refractivity contribution in [1.29, 1.82) is 0 Å². The monoisotopic (exact) mass is 188 g/mol. The quantitative estimate of drug-likeness (QED) is 0.402. The summed E-state index contributed by atoms with van der Waals surface area (Å²) >= 11 is 0. The Labute approximate surface area is 78.2 Å². The second kappa shape index (κ2) is 9.03. The molecule has 0 saturated heterocycles. The summed E-state index contributed by atoms with van der Waals surface area (Å²) in [7, 11) is 0. The molecule has 1 unspecified atom stereocenters. The van der Waals surface area contributed by atoms with Crippen LogP contribution in [0.5, 0.6) is 0 Å². The van der Waals surface area contributed by atoms with Crippen LogP contribution in [0.3, 0.4) is 0 Å². The highest BCUT2D eigenvalue weighted by molar-refractivity contribution is 5.37. The minimum Gasteiger partial charge on any atom is -0.468 e. The van der Waals surface area contributed by atoms with Crippen molar-refractivity contribution in [3.8, 4) is 0 Å². The lowest BCUT2D eigenvalue weighted by atomic mass is 10.0. The summed E-state index contributed by atoms with van der Waals surface area (Å²) in [4.78, 5) is 19.6. The second-order valence-corrected chi connectivity index (χ2v) is 2.97. The molecule has 0 aliphatic carbocycles. The fourth-order valence-electron chi connectivity index (χ4n) is 1.02. The highest BCUT2D eigenvalue weighted by atomic mass is 16.5. The van der Waals surface area contributed by atoms with Crippen LogP contribution in [0.4, 0.5) is 0 Å². The molecule has 13 heavy (non-hydrogen) atoms. The van der Waals surface area contributed by atoms with Crippen LogP contribution in [0, 0.1) is 5.92 Å². The Morgan fingerprint density at radius 1 is 1.08 bits per heavy atom. The number of ether oxygens (including phenoxy) is 2. The summed E-state index contributed by atoms with van der Waals surface area (Å²) in [6, 6.07) is 0. The maximum absolute atomic E-state index is 9.80. The van der Waals surface area contributed by atoms with E-state index < -0.39 is 0 Å². The Hall–Kier alpha value is -1.06. The van der Waals surface area contributed by atoms with E-state index in [2.05, 4.69) is 16.4 Å². The van der Waals surface area contributed by atoms with Crippen LogP contribution >= 0.6 is 0 Å². The van der Waals surface area contributed by atoms with Crippen molar-refractivity contribution in [1.82, 2.24) is 0 Å². The first kappa shape index (κ1) is 11.9. The van der Waals surface area contributed by atoms with Crippen molar-refractivity contribution in [3.63, 3.8) is 0 Å². The van der Waals surface area contributed by atoms with Gasteiger partial charge in [0.1, 0.15) is 0 Å². The van der Waals surface area contributed by atoms with E-state index in [-0.39, 0.29) is 0 Å². The lowest BCUT2D eigenvalue weighted by Gasteiger charge is -2.09. The van der Waals surface area contributed by atoms with Crippen LogP contribution < -0.4 is 0 Å². The molecule has 0 heterocycles. The molecule has 1 atom stereocenters. The number of carbonyl (C=O) groups excluding carboxylic acids is 2. The second-order valence-electron chi connectivity index (χ2n) is 2.97. The van der Waals surface area contributed by atoms with Gasteiger partial charge in [-0.3, -0.25) is 9.59 Å². The first-order valence-electron chi connectivity index (χ1n) is 4.41. The van der Waals surface area contributed by atoms with Gasteiger partial charge in [0.2, 0.25) is 0 Å². The van der Waals surface area contributed by atoms with Gasteiger partial charge in [0.15, 0.2) is 0 Å². The Bertz CT molecular complexity index is 136. The first-order chi connectivity index (χ1) is 6.31. The lowest BCUT2D eigenvalue weighted by molar-refractivity contribution is -0.130. The lowest BCUT2D eigenvalue weighted by Crippen LogP contribution is -2.03. The van der Waals surface area contributed by atoms with Gasteiger partial charge >= 0.3 is 0 Å². The molecule has 0 aromatic carbocycles. The predicted molar refractivity (Wildman–Crippen MR) is 47.0 cm³/mol. The molecule has 0 saturated carbocycles. The molecule has 0 radical (unpaired) electrons. The molecule has 0 spiro atoms. The Kier molecular flexibility index (Phi) is 8.30. The van der Waals surface area contributed by atoms with E-state index in [0.717, 1.165) is 19.3 Å². The summed E-state index contributed by atoms with van der Waals surface area (Å²) in [5, 5.41) is 0. The fourth-order valence-corrected chi connectivity index (χ4v) is 1.02. The van der Waals surface area contributed by atoms with E-state index in [9.17, 15) is 9.59 Å². The van der Waals surface area contributed by atoms with Gasteiger partial charge in [-0.05, 0) is 25.2 Å². The third-order valence-corrected chi connectivity index (χ3v) is 1.82. The zero-order chi connectivity index (χ0) is 9.94. The smallest absolute Gasteiger partial charge is 0.293 e. The van der Waals surface area contributed by atoms with Crippen LogP contribution in [0.2, 0.25) is 0 Å². The molecule has 0 rings (SSSR count). The molecule has 4 heteroatoms. The minimum atomic E-state index is 0.458. The van der Waals surface area contributed by atoms with Crippen molar-refractivity contribution >= 4 is 12.9 Å². The molecule has 0 aliphatic heterocycles. The van der Waals surface area contributed by atoms with E-state index in [4.69, 9.17) is 0 Å². The number of rotatable bonds is 9. The number of carbonyl (C=O) groups is 2. The van der Waals surface area contributed by atoms with Crippen LogP contribution in [-0.4, -0.2) is 26.2 Å². The van der Waals surface area contributed by atoms with Crippen LogP contribution in [0.1, 0.15) is 26.2 Å². The van der Waals surface area contributed by atoms with Gasteiger partial charge in [0.25, 0.3) is 12.9 Å². The van der Waals surface area contributed by atoms with Gasteiger partial charge in [-0.1, -0.05) is 6.92 Å². The van der Waals surface area contributed by atoms with E-state index in [1.54, 1.807) is 0 Å². The molecule has 0 aromatic rings. The van der Waals surface area contributed by atoms with Crippen LogP contribution in [0.15, 0.2) is 0 Å². The zero-order valence-corrected chi connectivity index (χ0v) is 7.90. The number of hydrogen-bond donors (Lipinski definition) is 0. The van der Waals surface area contributed by atoms with Gasteiger partial charge in [-0.15, -0.1) is 0 Å². The summed E-state index contributed by atoms with van der Waals surface area (Å²) in [5.74, 6) is 0.496. The van der Waals surface area contributed by atoms with E-state index >= 15 is 0 Å². The zero-order valence-electron chi connectivity index (χ0n) is 7.90. The first-order valence-corrected chi connectivity index (χ1v) is 4.41. The van der Waals surface area contributed by atoms with Gasteiger partial charge in [0.05, 0.1) is 13.2 Å². The van der Waals surface area contributed by atoms with Gasteiger partial charge in [-0.2, -0.15) is 0 Å². The predicted octanol–water partition coefficient (Wildman–Crippen LogP) is 1.14. The molecular weight excluding hydrogens is 172 g/mol. The van der Waals surface area contributed by atoms with Crippen molar-refractivity contribution < 1.29 is 19.1 Å².